The van der Waals surface area contributed by atoms with E-state index in [-0.39, 0.29) is 17.0 Å². The van der Waals surface area contributed by atoms with Gasteiger partial charge in [0.1, 0.15) is 11.1 Å². The SMILES string of the molecule is Cc1ccc(NC(=O)c2cc3ccccc3oc2=N)cc1C. The van der Waals surface area contributed by atoms with Gasteiger partial charge in [0.15, 0.2) is 0 Å². The van der Waals surface area contributed by atoms with Crippen molar-refractivity contribution in [2.75, 3.05) is 5.32 Å². The van der Waals surface area contributed by atoms with E-state index in [0.717, 1.165) is 10.9 Å². The molecule has 0 saturated carbocycles. The van der Waals surface area contributed by atoms with E-state index in [9.17, 15) is 4.79 Å². The summed E-state index contributed by atoms with van der Waals surface area (Å²) in [7, 11) is 0. The normalized spacial score (nSPS) is 10.6. The molecule has 22 heavy (non-hydrogen) atoms. The van der Waals surface area contributed by atoms with Gasteiger partial charge in [0.05, 0.1) is 0 Å². The average molecular weight is 292 g/mol. The van der Waals surface area contributed by atoms with Gasteiger partial charge < -0.3 is 9.73 Å². The van der Waals surface area contributed by atoms with E-state index in [1.54, 1.807) is 12.1 Å². The van der Waals surface area contributed by atoms with Gasteiger partial charge in [0.25, 0.3) is 5.91 Å². The van der Waals surface area contributed by atoms with E-state index in [1.165, 1.54) is 5.56 Å². The summed E-state index contributed by atoms with van der Waals surface area (Å²) in [5, 5.41) is 11.5. The number of carbonyl (C=O) groups is 1. The van der Waals surface area contributed by atoms with Crippen LogP contribution in [-0.4, -0.2) is 5.91 Å². The molecule has 0 bridgehead atoms. The largest absolute Gasteiger partial charge is 0.438 e. The summed E-state index contributed by atoms with van der Waals surface area (Å²) < 4.78 is 5.40. The minimum absolute atomic E-state index is 0.139. The fourth-order valence-corrected chi connectivity index (χ4v) is 2.26. The van der Waals surface area contributed by atoms with Gasteiger partial charge in [-0.2, -0.15) is 0 Å². The van der Waals surface area contributed by atoms with Crippen LogP contribution in [0.4, 0.5) is 5.69 Å². The molecular formula is C18H16N2O2. The van der Waals surface area contributed by atoms with Crippen molar-refractivity contribution in [3.8, 4) is 0 Å². The summed E-state index contributed by atoms with van der Waals surface area (Å²) in [4.78, 5) is 12.4. The van der Waals surface area contributed by atoms with E-state index in [1.807, 2.05) is 50.2 Å². The number of carbonyl (C=O) groups excluding carboxylic acids is 1. The van der Waals surface area contributed by atoms with Gasteiger partial charge in [0, 0.05) is 11.1 Å². The average Bonchev–Trinajstić information content (AvgIpc) is 2.50. The predicted molar refractivity (Wildman–Crippen MR) is 85.9 cm³/mol. The van der Waals surface area contributed by atoms with Crippen LogP contribution in [0.3, 0.4) is 0 Å². The summed E-state index contributed by atoms with van der Waals surface area (Å²) in [5.41, 5.74) is 3.65. The van der Waals surface area contributed by atoms with Crippen molar-refractivity contribution >= 4 is 22.6 Å². The molecule has 2 aromatic carbocycles. The Morgan fingerprint density at radius 3 is 2.59 bits per heavy atom. The van der Waals surface area contributed by atoms with Crippen LogP contribution in [0.5, 0.6) is 0 Å². The molecule has 3 rings (SSSR count). The minimum atomic E-state index is -0.345. The number of anilines is 1. The monoisotopic (exact) mass is 292 g/mol. The zero-order valence-electron chi connectivity index (χ0n) is 12.4. The van der Waals surface area contributed by atoms with Crippen LogP contribution in [-0.2, 0) is 0 Å². The molecule has 3 aromatic rings. The van der Waals surface area contributed by atoms with Crippen molar-refractivity contribution < 1.29 is 9.21 Å². The fourth-order valence-electron chi connectivity index (χ4n) is 2.26. The van der Waals surface area contributed by atoms with Gasteiger partial charge in [-0.05, 0) is 49.2 Å². The Morgan fingerprint density at radius 2 is 1.82 bits per heavy atom. The second-order valence-electron chi connectivity index (χ2n) is 5.28. The first-order valence-corrected chi connectivity index (χ1v) is 7.01. The van der Waals surface area contributed by atoms with Gasteiger partial charge in [-0.3, -0.25) is 10.2 Å². The first-order chi connectivity index (χ1) is 10.5. The van der Waals surface area contributed by atoms with Gasteiger partial charge in [-0.25, -0.2) is 0 Å². The quantitative estimate of drug-likeness (QED) is 0.754. The van der Waals surface area contributed by atoms with E-state index in [4.69, 9.17) is 9.83 Å². The first-order valence-electron chi connectivity index (χ1n) is 7.01. The first kappa shape index (κ1) is 14.1. The summed E-state index contributed by atoms with van der Waals surface area (Å²) in [5.74, 6) is -0.345. The molecule has 4 nitrogen and oxygen atoms in total. The van der Waals surface area contributed by atoms with Crippen LogP contribution in [0, 0.1) is 19.3 Å². The van der Waals surface area contributed by atoms with Crippen LogP contribution >= 0.6 is 0 Å². The lowest BCUT2D eigenvalue weighted by Crippen LogP contribution is -2.20. The van der Waals surface area contributed by atoms with E-state index < -0.39 is 0 Å². The molecule has 2 N–H and O–H groups in total. The molecule has 4 heteroatoms. The number of nitrogens with one attached hydrogen (secondary N) is 2. The number of para-hydroxylation sites is 1. The number of hydrogen-bond donors (Lipinski definition) is 2. The molecule has 0 aliphatic carbocycles. The molecule has 0 unspecified atom stereocenters. The maximum atomic E-state index is 12.4. The Hall–Kier alpha value is -2.88. The Balaban J connectivity index is 1.96. The summed E-state index contributed by atoms with van der Waals surface area (Å²) >= 11 is 0. The second-order valence-corrected chi connectivity index (χ2v) is 5.28. The smallest absolute Gasteiger partial charge is 0.261 e. The van der Waals surface area contributed by atoms with E-state index in [2.05, 4.69) is 5.32 Å². The van der Waals surface area contributed by atoms with Crippen molar-refractivity contribution in [1.82, 2.24) is 0 Å². The molecule has 0 aliphatic rings. The molecule has 0 saturated heterocycles. The molecule has 0 atom stereocenters. The van der Waals surface area contributed by atoms with Crippen LogP contribution in [0.1, 0.15) is 21.5 Å². The fraction of sp³-hybridized carbons (Fsp3) is 0.111. The highest BCUT2D eigenvalue weighted by Gasteiger charge is 2.12. The van der Waals surface area contributed by atoms with Crippen LogP contribution in [0.25, 0.3) is 11.0 Å². The highest BCUT2D eigenvalue weighted by atomic mass is 16.3. The third kappa shape index (κ3) is 2.63. The van der Waals surface area contributed by atoms with Gasteiger partial charge in [-0.1, -0.05) is 24.3 Å². The highest BCUT2D eigenvalue weighted by molar-refractivity contribution is 6.05. The van der Waals surface area contributed by atoms with Crippen molar-refractivity contribution in [3.63, 3.8) is 0 Å². The van der Waals surface area contributed by atoms with Crippen molar-refractivity contribution in [2.45, 2.75) is 13.8 Å². The third-order valence-electron chi connectivity index (χ3n) is 3.68. The zero-order chi connectivity index (χ0) is 15.7. The predicted octanol–water partition coefficient (Wildman–Crippen LogP) is 3.78. The molecule has 0 spiro atoms. The van der Waals surface area contributed by atoms with Crippen LogP contribution < -0.4 is 10.9 Å². The highest BCUT2D eigenvalue weighted by Crippen LogP contribution is 2.16. The van der Waals surface area contributed by atoms with Gasteiger partial charge >= 0.3 is 0 Å². The number of aryl methyl sites for hydroxylation is 2. The van der Waals surface area contributed by atoms with Crippen molar-refractivity contribution in [3.05, 3.63) is 70.8 Å². The minimum Gasteiger partial charge on any atom is -0.438 e. The molecular weight excluding hydrogens is 276 g/mol. The molecule has 0 fully saturated rings. The number of fused-ring (bicyclic) bond motifs is 1. The number of benzene rings is 2. The Morgan fingerprint density at radius 1 is 1.05 bits per heavy atom. The molecule has 1 heterocycles. The molecule has 1 amide bonds. The van der Waals surface area contributed by atoms with Crippen LogP contribution in [0.15, 0.2) is 52.9 Å². The Labute approximate surface area is 127 Å². The summed E-state index contributed by atoms with van der Waals surface area (Å²) in [6.07, 6.45) is 0. The molecule has 110 valence electrons. The van der Waals surface area contributed by atoms with Crippen LogP contribution in [0.2, 0.25) is 0 Å². The van der Waals surface area contributed by atoms with Crippen molar-refractivity contribution in [2.24, 2.45) is 0 Å². The maximum Gasteiger partial charge on any atom is 0.261 e. The summed E-state index contributed by atoms with van der Waals surface area (Å²) in [6, 6.07) is 14.7. The van der Waals surface area contributed by atoms with Crippen molar-refractivity contribution in [1.29, 1.82) is 5.41 Å². The Bertz CT molecular complexity index is 926. The zero-order valence-corrected chi connectivity index (χ0v) is 12.4. The standard InChI is InChI=1S/C18H16N2O2/c1-11-7-8-14(9-12(11)2)20-18(21)15-10-13-5-3-4-6-16(13)22-17(15)19/h3-10,19H,1-2H3,(H,20,21). The van der Waals surface area contributed by atoms with E-state index in [0.29, 0.717) is 11.3 Å². The molecule has 1 aromatic heterocycles. The van der Waals surface area contributed by atoms with Gasteiger partial charge in [-0.15, -0.1) is 0 Å². The lowest BCUT2D eigenvalue weighted by molar-refractivity contribution is 0.102. The summed E-state index contributed by atoms with van der Waals surface area (Å²) in [6.45, 7) is 4.01. The number of rotatable bonds is 2. The molecule has 0 aliphatic heterocycles. The Kier molecular flexibility index (Phi) is 3.51. The topological polar surface area (TPSA) is 66.1 Å². The van der Waals surface area contributed by atoms with Gasteiger partial charge in [0.2, 0.25) is 5.55 Å². The molecule has 0 radical (unpaired) electrons. The second kappa shape index (κ2) is 5.48. The number of hydrogen-bond acceptors (Lipinski definition) is 3. The maximum absolute atomic E-state index is 12.4. The lowest BCUT2D eigenvalue weighted by Gasteiger charge is -2.08. The number of amides is 1. The third-order valence-corrected chi connectivity index (χ3v) is 3.68. The van der Waals surface area contributed by atoms with E-state index >= 15 is 0 Å². The lowest BCUT2D eigenvalue weighted by atomic mass is 10.1.